The van der Waals surface area contributed by atoms with Crippen LogP contribution in [-0.4, -0.2) is 28.9 Å². The summed E-state index contributed by atoms with van der Waals surface area (Å²) in [5, 5.41) is 11.3. The Hall–Kier alpha value is -2.98. The number of benzene rings is 2. The average molecular weight is 342 g/mol. The fraction of sp³-hybridized carbons (Fsp3) is 0.118. The smallest absolute Gasteiger partial charge is 0.339 e. The van der Waals surface area contributed by atoms with Gasteiger partial charge in [-0.2, -0.15) is 5.26 Å². The minimum atomic E-state index is -1.34. The van der Waals surface area contributed by atoms with Crippen molar-refractivity contribution in [3.63, 3.8) is 0 Å². The normalized spacial score (nSPS) is 11.2. The van der Waals surface area contributed by atoms with E-state index in [-0.39, 0.29) is 5.56 Å². The van der Waals surface area contributed by atoms with Crippen molar-refractivity contribution < 1.29 is 18.5 Å². The van der Waals surface area contributed by atoms with E-state index in [9.17, 15) is 13.8 Å². The third kappa shape index (κ3) is 4.51. The molecule has 2 aromatic rings. The van der Waals surface area contributed by atoms with Crippen molar-refractivity contribution in [3.8, 4) is 6.07 Å². The first kappa shape index (κ1) is 17.4. The van der Waals surface area contributed by atoms with Crippen molar-refractivity contribution in [1.82, 2.24) is 0 Å². The summed E-state index contributed by atoms with van der Waals surface area (Å²) < 4.78 is 16.6. The van der Waals surface area contributed by atoms with Gasteiger partial charge in [0, 0.05) is 11.9 Å². The SMILES string of the molecule is C[S@](=O)c1ccccc1C(=O)OCC(=O)Nc1cccc(C#N)c1. The standard InChI is InChI=1S/C17H14N2O4S/c1-24(22)15-8-3-2-7-14(15)17(21)23-11-16(20)19-13-6-4-5-12(9-13)10-18/h2-9H,11H2,1H3,(H,19,20)/t24-/m0/s1. The van der Waals surface area contributed by atoms with Crippen LogP contribution in [0.15, 0.2) is 53.4 Å². The van der Waals surface area contributed by atoms with Crippen molar-refractivity contribution >= 4 is 28.4 Å². The molecule has 1 N–H and O–H groups in total. The third-order valence-corrected chi connectivity index (χ3v) is 4.00. The lowest BCUT2D eigenvalue weighted by atomic mass is 10.2. The van der Waals surface area contributed by atoms with Crippen LogP contribution in [0.25, 0.3) is 0 Å². The second-order valence-corrected chi connectivity index (χ2v) is 6.12. The van der Waals surface area contributed by atoms with Crippen molar-refractivity contribution in [2.45, 2.75) is 4.90 Å². The van der Waals surface area contributed by atoms with Crippen molar-refractivity contribution in [3.05, 3.63) is 59.7 Å². The minimum Gasteiger partial charge on any atom is -0.452 e. The van der Waals surface area contributed by atoms with Gasteiger partial charge in [-0.1, -0.05) is 18.2 Å². The Bertz CT molecular complexity index is 842. The molecule has 7 heteroatoms. The van der Waals surface area contributed by atoms with Gasteiger partial charge in [0.05, 0.1) is 32.9 Å². The summed E-state index contributed by atoms with van der Waals surface area (Å²) in [7, 11) is -1.34. The first-order valence-corrected chi connectivity index (χ1v) is 8.46. The first-order chi connectivity index (χ1) is 11.5. The van der Waals surface area contributed by atoms with Crippen LogP contribution < -0.4 is 5.32 Å². The van der Waals surface area contributed by atoms with Crippen LogP contribution in [0.3, 0.4) is 0 Å². The number of rotatable bonds is 5. The Morgan fingerprint density at radius 2 is 1.96 bits per heavy atom. The van der Waals surface area contributed by atoms with Gasteiger partial charge in [-0.05, 0) is 30.3 Å². The highest BCUT2D eigenvalue weighted by molar-refractivity contribution is 7.84. The predicted octanol–water partition coefficient (Wildman–Crippen LogP) is 2.09. The summed E-state index contributed by atoms with van der Waals surface area (Å²) in [4.78, 5) is 24.2. The second-order valence-electron chi connectivity index (χ2n) is 4.77. The van der Waals surface area contributed by atoms with Crippen LogP contribution in [0.5, 0.6) is 0 Å². The van der Waals surface area contributed by atoms with E-state index in [1.807, 2.05) is 6.07 Å². The van der Waals surface area contributed by atoms with Gasteiger partial charge in [0.25, 0.3) is 5.91 Å². The van der Waals surface area contributed by atoms with E-state index in [1.54, 1.807) is 36.4 Å². The summed E-state index contributed by atoms with van der Waals surface area (Å²) in [5.74, 6) is -1.25. The van der Waals surface area contributed by atoms with Crippen LogP contribution in [-0.2, 0) is 20.3 Å². The highest BCUT2D eigenvalue weighted by Gasteiger charge is 2.16. The summed E-state index contributed by atoms with van der Waals surface area (Å²) in [6, 6.07) is 14.7. The van der Waals surface area contributed by atoms with Gasteiger partial charge in [-0.15, -0.1) is 0 Å². The number of anilines is 1. The molecule has 122 valence electrons. The lowest BCUT2D eigenvalue weighted by Gasteiger charge is -2.08. The largest absolute Gasteiger partial charge is 0.452 e. The highest BCUT2D eigenvalue weighted by Crippen LogP contribution is 2.14. The maximum atomic E-state index is 12.0. The summed E-state index contributed by atoms with van der Waals surface area (Å²) >= 11 is 0. The molecule has 0 aliphatic carbocycles. The number of carbonyl (C=O) groups is 2. The summed E-state index contributed by atoms with van der Waals surface area (Å²) in [6.07, 6.45) is 1.46. The quantitative estimate of drug-likeness (QED) is 0.839. The molecule has 0 fully saturated rings. The molecule has 24 heavy (non-hydrogen) atoms. The van der Waals surface area contributed by atoms with Crippen LogP contribution in [0.4, 0.5) is 5.69 Å². The lowest BCUT2D eigenvalue weighted by Crippen LogP contribution is -2.21. The molecule has 0 unspecified atom stereocenters. The predicted molar refractivity (Wildman–Crippen MR) is 88.8 cm³/mol. The Morgan fingerprint density at radius 3 is 2.67 bits per heavy atom. The van der Waals surface area contributed by atoms with Crippen LogP contribution in [0.2, 0.25) is 0 Å². The molecule has 2 rings (SSSR count). The number of amides is 1. The van der Waals surface area contributed by atoms with E-state index in [0.717, 1.165) is 0 Å². The third-order valence-electron chi connectivity index (χ3n) is 3.03. The van der Waals surface area contributed by atoms with E-state index in [1.165, 1.54) is 18.4 Å². The molecule has 1 amide bonds. The number of esters is 1. The van der Waals surface area contributed by atoms with Crippen LogP contribution in [0.1, 0.15) is 15.9 Å². The topological polar surface area (TPSA) is 96.3 Å². The molecule has 2 aromatic carbocycles. The molecule has 0 spiro atoms. The lowest BCUT2D eigenvalue weighted by molar-refractivity contribution is -0.119. The monoisotopic (exact) mass is 342 g/mol. The number of nitrogens with zero attached hydrogens (tertiary/aromatic N) is 1. The van der Waals surface area contributed by atoms with Crippen molar-refractivity contribution in [2.24, 2.45) is 0 Å². The van der Waals surface area contributed by atoms with E-state index in [0.29, 0.717) is 16.1 Å². The van der Waals surface area contributed by atoms with E-state index in [4.69, 9.17) is 10.00 Å². The first-order valence-electron chi connectivity index (χ1n) is 6.91. The maximum Gasteiger partial charge on any atom is 0.339 e. The molecular formula is C17H14N2O4S. The van der Waals surface area contributed by atoms with E-state index >= 15 is 0 Å². The Balaban J connectivity index is 1.98. The van der Waals surface area contributed by atoms with Crippen LogP contribution in [0, 0.1) is 11.3 Å². The van der Waals surface area contributed by atoms with Crippen molar-refractivity contribution in [1.29, 1.82) is 5.26 Å². The number of nitrogens with one attached hydrogen (secondary N) is 1. The zero-order valence-corrected chi connectivity index (χ0v) is 13.6. The van der Waals surface area contributed by atoms with Crippen LogP contribution >= 0.6 is 0 Å². The zero-order valence-electron chi connectivity index (χ0n) is 12.8. The molecule has 1 atom stereocenters. The number of ether oxygens (including phenoxy) is 1. The maximum absolute atomic E-state index is 12.0. The van der Waals surface area contributed by atoms with Gasteiger partial charge in [0.2, 0.25) is 0 Å². The van der Waals surface area contributed by atoms with Crippen molar-refractivity contribution in [2.75, 3.05) is 18.2 Å². The van der Waals surface area contributed by atoms with Gasteiger partial charge < -0.3 is 10.1 Å². The Kier molecular flexibility index (Phi) is 5.82. The fourth-order valence-corrected chi connectivity index (χ4v) is 2.69. The second kappa shape index (κ2) is 8.04. The molecule has 0 saturated heterocycles. The van der Waals surface area contributed by atoms with E-state index < -0.39 is 29.3 Å². The minimum absolute atomic E-state index is 0.164. The molecule has 0 aliphatic heterocycles. The Labute approximate surface area is 141 Å². The highest BCUT2D eigenvalue weighted by atomic mass is 32.2. The average Bonchev–Trinajstić information content (AvgIpc) is 2.59. The molecule has 0 saturated carbocycles. The molecule has 0 aromatic heterocycles. The van der Waals surface area contributed by atoms with Gasteiger partial charge in [-0.25, -0.2) is 4.79 Å². The van der Waals surface area contributed by atoms with Gasteiger partial charge in [0.1, 0.15) is 0 Å². The van der Waals surface area contributed by atoms with Gasteiger partial charge in [0.15, 0.2) is 6.61 Å². The number of carbonyl (C=O) groups excluding carboxylic acids is 2. The molecule has 6 nitrogen and oxygen atoms in total. The van der Waals surface area contributed by atoms with Gasteiger partial charge in [-0.3, -0.25) is 9.00 Å². The molecular weight excluding hydrogens is 328 g/mol. The summed E-state index contributed by atoms with van der Waals surface area (Å²) in [5.41, 5.74) is 1.01. The number of hydrogen-bond acceptors (Lipinski definition) is 5. The zero-order chi connectivity index (χ0) is 17.5. The molecule has 0 bridgehead atoms. The molecule has 0 radical (unpaired) electrons. The fourth-order valence-electron chi connectivity index (χ4n) is 1.96. The molecule has 0 heterocycles. The van der Waals surface area contributed by atoms with E-state index in [2.05, 4.69) is 5.32 Å². The van der Waals surface area contributed by atoms with Gasteiger partial charge >= 0.3 is 5.97 Å². The number of hydrogen-bond donors (Lipinski definition) is 1. The number of nitriles is 1. The summed E-state index contributed by atoms with van der Waals surface area (Å²) in [6.45, 7) is -0.486. The Morgan fingerprint density at radius 1 is 1.21 bits per heavy atom. The molecule has 0 aliphatic rings.